The highest BCUT2D eigenvalue weighted by Crippen LogP contribution is 2.24. The largest absolute Gasteiger partial charge is 0.484 e. The number of ether oxygens (including phenoxy) is 2. The van der Waals surface area contributed by atoms with Crippen LogP contribution in [0, 0.1) is 0 Å². The molecule has 9 heteroatoms. The highest BCUT2D eigenvalue weighted by molar-refractivity contribution is 5.96. The molecule has 3 aromatic rings. The van der Waals surface area contributed by atoms with Crippen molar-refractivity contribution in [3.05, 3.63) is 75.4 Å². The van der Waals surface area contributed by atoms with Crippen molar-refractivity contribution in [1.29, 1.82) is 0 Å². The summed E-state index contributed by atoms with van der Waals surface area (Å²) in [6.07, 6.45) is 2.15. The number of carbonyl (C=O) groups excluding carboxylic acids is 1. The van der Waals surface area contributed by atoms with Crippen LogP contribution in [0.3, 0.4) is 0 Å². The van der Waals surface area contributed by atoms with E-state index in [0.717, 1.165) is 6.42 Å². The molecule has 0 spiro atoms. The Hall–Kier alpha value is -4.01. The molecule has 0 aliphatic carbocycles. The van der Waals surface area contributed by atoms with Crippen LogP contribution in [-0.2, 0) is 11.3 Å². The van der Waals surface area contributed by atoms with Gasteiger partial charge in [-0.25, -0.2) is 4.79 Å². The van der Waals surface area contributed by atoms with Gasteiger partial charge < -0.3 is 20.1 Å². The summed E-state index contributed by atoms with van der Waals surface area (Å²) in [5, 5.41) is 0. The Morgan fingerprint density at radius 1 is 0.971 bits per heavy atom. The Balaban J connectivity index is 1.73. The summed E-state index contributed by atoms with van der Waals surface area (Å²) >= 11 is 0. The van der Waals surface area contributed by atoms with Crippen molar-refractivity contribution < 1.29 is 14.3 Å². The monoisotopic (exact) mass is 466 g/mol. The minimum Gasteiger partial charge on any atom is -0.484 e. The van der Waals surface area contributed by atoms with Crippen molar-refractivity contribution >= 4 is 17.4 Å². The first-order valence-electron chi connectivity index (χ1n) is 11.3. The van der Waals surface area contributed by atoms with Crippen molar-refractivity contribution in [3.8, 4) is 17.2 Å². The number of hydrogen-bond acceptors (Lipinski definition) is 6. The lowest BCUT2D eigenvalue weighted by atomic mass is 10.3. The minimum atomic E-state index is -0.695. The molecular weight excluding hydrogens is 436 g/mol. The molecule has 3 N–H and O–H groups in total. The number of para-hydroxylation sites is 1. The average molecular weight is 467 g/mol. The summed E-state index contributed by atoms with van der Waals surface area (Å²) in [7, 11) is 0. The van der Waals surface area contributed by atoms with Crippen LogP contribution in [0.5, 0.6) is 17.2 Å². The lowest BCUT2D eigenvalue weighted by molar-refractivity contribution is -0.120. The van der Waals surface area contributed by atoms with Crippen LogP contribution in [0.2, 0.25) is 0 Å². The van der Waals surface area contributed by atoms with Crippen molar-refractivity contribution in [3.63, 3.8) is 0 Å². The maximum atomic E-state index is 13.0. The highest BCUT2D eigenvalue weighted by Gasteiger charge is 2.24. The molecule has 0 unspecified atom stereocenters. The number of nitrogen functional groups attached to an aromatic ring is 1. The average Bonchev–Trinajstić information content (AvgIpc) is 2.83. The van der Waals surface area contributed by atoms with E-state index in [-0.39, 0.29) is 24.7 Å². The Kier molecular flexibility index (Phi) is 8.50. The maximum Gasteiger partial charge on any atom is 0.330 e. The molecular formula is C25H30N4O5. The van der Waals surface area contributed by atoms with E-state index in [0.29, 0.717) is 36.6 Å². The van der Waals surface area contributed by atoms with Crippen LogP contribution in [0.4, 0.5) is 11.5 Å². The van der Waals surface area contributed by atoms with Crippen molar-refractivity contribution in [2.75, 3.05) is 23.8 Å². The van der Waals surface area contributed by atoms with E-state index in [1.165, 1.54) is 9.47 Å². The minimum absolute atomic E-state index is 0.0218. The zero-order valence-corrected chi connectivity index (χ0v) is 19.5. The molecule has 0 aliphatic heterocycles. The third-order valence-corrected chi connectivity index (χ3v) is 5.13. The predicted octanol–water partition coefficient (Wildman–Crippen LogP) is 3.53. The van der Waals surface area contributed by atoms with E-state index in [4.69, 9.17) is 15.2 Å². The van der Waals surface area contributed by atoms with E-state index >= 15 is 0 Å². The lowest BCUT2D eigenvalue weighted by Crippen LogP contribution is -2.43. The number of amides is 1. The van der Waals surface area contributed by atoms with Gasteiger partial charge in [0.1, 0.15) is 23.1 Å². The lowest BCUT2D eigenvalue weighted by Gasteiger charge is -2.24. The van der Waals surface area contributed by atoms with E-state index in [2.05, 4.69) is 4.98 Å². The van der Waals surface area contributed by atoms with Crippen LogP contribution in [-0.4, -0.2) is 28.6 Å². The van der Waals surface area contributed by atoms with Crippen molar-refractivity contribution in [2.24, 2.45) is 0 Å². The number of rotatable bonds is 11. The molecule has 9 nitrogen and oxygen atoms in total. The van der Waals surface area contributed by atoms with Gasteiger partial charge in [-0.05, 0) is 49.2 Å². The number of unbranched alkanes of at least 4 members (excludes halogenated alkanes) is 1. The van der Waals surface area contributed by atoms with Crippen LogP contribution in [0.15, 0.2) is 64.2 Å². The van der Waals surface area contributed by atoms with Crippen LogP contribution < -0.4 is 31.4 Å². The van der Waals surface area contributed by atoms with Gasteiger partial charge in [-0.15, -0.1) is 0 Å². The first-order valence-corrected chi connectivity index (χ1v) is 11.3. The third-order valence-electron chi connectivity index (χ3n) is 5.13. The van der Waals surface area contributed by atoms with Crippen LogP contribution in [0.25, 0.3) is 0 Å². The summed E-state index contributed by atoms with van der Waals surface area (Å²) in [5.41, 5.74) is 4.87. The molecule has 1 heterocycles. The fourth-order valence-corrected chi connectivity index (χ4v) is 3.41. The molecule has 0 fully saturated rings. The summed E-state index contributed by atoms with van der Waals surface area (Å²) in [4.78, 5) is 41.3. The molecule has 1 aromatic heterocycles. The molecule has 0 saturated heterocycles. The zero-order valence-electron chi connectivity index (χ0n) is 19.5. The molecule has 0 saturated carbocycles. The second kappa shape index (κ2) is 11.7. The first-order chi connectivity index (χ1) is 16.4. The van der Waals surface area contributed by atoms with E-state index in [9.17, 15) is 14.4 Å². The first kappa shape index (κ1) is 24.6. The number of nitrogens with two attached hydrogens (primary N) is 1. The van der Waals surface area contributed by atoms with Crippen molar-refractivity contribution in [1.82, 2.24) is 9.55 Å². The Morgan fingerprint density at radius 3 is 2.26 bits per heavy atom. The number of benzene rings is 2. The number of carbonyl (C=O) groups is 1. The fourth-order valence-electron chi connectivity index (χ4n) is 3.41. The summed E-state index contributed by atoms with van der Waals surface area (Å²) < 4.78 is 12.7. The van der Waals surface area contributed by atoms with Gasteiger partial charge in [0.15, 0.2) is 12.3 Å². The van der Waals surface area contributed by atoms with E-state index < -0.39 is 17.2 Å². The molecule has 0 bridgehead atoms. The third kappa shape index (κ3) is 6.06. The number of anilines is 2. The number of nitrogens with zero attached hydrogens (tertiary/aromatic N) is 2. The highest BCUT2D eigenvalue weighted by atomic mass is 16.5. The molecule has 34 heavy (non-hydrogen) atoms. The SMILES string of the molecule is CCCCn1c(N)c(N(CCC)C(=O)COc2ccc(Oc3ccccc3)cc2)c(=O)[nH]c1=O. The smallest absolute Gasteiger partial charge is 0.330 e. The fraction of sp³-hybridized carbons (Fsp3) is 0.320. The van der Waals surface area contributed by atoms with Crippen molar-refractivity contribution in [2.45, 2.75) is 39.7 Å². The summed E-state index contributed by atoms with van der Waals surface area (Å²) in [5.74, 6) is 1.35. The van der Waals surface area contributed by atoms with E-state index in [1.54, 1.807) is 24.3 Å². The second-order valence-electron chi connectivity index (χ2n) is 7.72. The number of aromatic amines is 1. The number of H-pyrrole nitrogens is 1. The molecule has 0 atom stereocenters. The molecule has 1 amide bonds. The summed E-state index contributed by atoms with van der Waals surface area (Å²) in [6.45, 7) is 4.17. The van der Waals surface area contributed by atoms with Gasteiger partial charge in [0.05, 0.1) is 0 Å². The second-order valence-corrected chi connectivity index (χ2v) is 7.72. The van der Waals surface area contributed by atoms with Gasteiger partial charge in [0, 0.05) is 13.1 Å². The maximum absolute atomic E-state index is 13.0. The van der Waals surface area contributed by atoms with Crippen LogP contribution >= 0.6 is 0 Å². The number of nitrogens with one attached hydrogen (secondary N) is 1. The molecule has 0 radical (unpaired) electrons. The predicted molar refractivity (Wildman–Crippen MR) is 132 cm³/mol. The van der Waals surface area contributed by atoms with Gasteiger partial charge in [-0.2, -0.15) is 0 Å². The standard InChI is InChI=1S/C25H30N4O5/c1-3-5-16-29-23(26)22(24(31)27-25(29)32)28(15-4-2)21(30)17-33-18-11-13-20(14-12-18)34-19-9-7-6-8-10-19/h6-14H,3-5,15-17,26H2,1-2H3,(H,27,31,32). The topological polar surface area (TPSA) is 120 Å². The Labute approximate surface area is 197 Å². The van der Waals surface area contributed by atoms with Gasteiger partial charge in [-0.1, -0.05) is 38.5 Å². The van der Waals surface area contributed by atoms with Gasteiger partial charge in [-0.3, -0.25) is 19.1 Å². The zero-order chi connectivity index (χ0) is 24.5. The molecule has 0 aliphatic rings. The molecule has 2 aromatic carbocycles. The van der Waals surface area contributed by atoms with E-state index in [1.807, 2.05) is 44.2 Å². The van der Waals surface area contributed by atoms with Gasteiger partial charge in [0.25, 0.3) is 11.5 Å². The van der Waals surface area contributed by atoms with Gasteiger partial charge in [0.2, 0.25) is 0 Å². The quantitative estimate of drug-likeness (QED) is 0.446. The normalized spacial score (nSPS) is 10.6. The van der Waals surface area contributed by atoms with Crippen LogP contribution in [0.1, 0.15) is 33.1 Å². The molecule has 3 rings (SSSR count). The number of aromatic nitrogens is 2. The Morgan fingerprint density at radius 2 is 1.62 bits per heavy atom. The Bertz CT molecular complexity index is 1200. The van der Waals surface area contributed by atoms with Gasteiger partial charge >= 0.3 is 5.69 Å². The summed E-state index contributed by atoms with van der Waals surface area (Å²) in [6, 6.07) is 16.2. The molecule has 180 valence electrons. The number of hydrogen-bond donors (Lipinski definition) is 2.